The van der Waals surface area contributed by atoms with Gasteiger partial charge in [-0.15, -0.1) is 20.4 Å². The van der Waals surface area contributed by atoms with Crippen LogP contribution in [-0.4, -0.2) is 25.7 Å². The molecule has 0 saturated carbocycles. The number of aromatic amines is 1. The predicted octanol–water partition coefficient (Wildman–Crippen LogP) is 0.900. The number of benzene rings is 2. The molecule has 2 aliphatic rings. The fourth-order valence-corrected chi connectivity index (χ4v) is 2.93. The Hall–Kier alpha value is -3.75. The van der Waals surface area contributed by atoms with E-state index >= 15 is 0 Å². The molecule has 2 aromatic carbocycles. The van der Waals surface area contributed by atoms with E-state index in [1.54, 1.807) is 6.07 Å². The van der Waals surface area contributed by atoms with Gasteiger partial charge in [-0.05, 0) is 49.5 Å². The third kappa shape index (κ3) is 1.72. The van der Waals surface area contributed by atoms with Crippen molar-refractivity contribution in [2.24, 2.45) is 20.7 Å². The molecule has 2 heterocycles. The molecule has 24 heavy (non-hydrogen) atoms. The lowest BCUT2D eigenvalue weighted by molar-refractivity contribution is 0.469. The van der Waals surface area contributed by atoms with E-state index in [0.717, 1.165) is 26.8 Å². The SMILES string of the molecule is Oc1c2c(ccc1=C1N=NN=N1)=c1ccc(-c3nn[nH]n3)cc1=C2. The van der Waals surface area contributed by atoms with E-state index in [-0.39, 0.29) is 5.75 Å². The van der Waals surface area contributed by atoms with Crippen LogP contribution in [0.25, 0.3) is 23.3 Å². The summed E-state index contributed by atoms with van der Waals surface area (Å²) in [7, 11) is 0. The van der Waals surface area contributed by atoms with E-state index in [9.17, 15) is 5.11 Å². The number of phenolic OH excluding ortho intramolecular Hbond substituents is 1. The summed E-state index contributed by atoms with van der Waals surface area (Å²) in [6, 6.07) is 9.55. The quantitative estimate of drug-likeness (QED) is 0.541. The molecule has 1 aromatic heterocycles. The van der Waals surface area contributed by atoms with E-state index in [4.69, 9.17) is 0 Å². The van der Waals surface area contributed by atoms with Gasteiger partial charge in [0.15, 0.2) is 0 Å². The molecule has 9 heteroatoms. The number of nitrogens with zero attached hydrogens (tertiary/aromatic N) is 7. The topological polar surface area (TPSA) is 124 Å². The van der Waals surface area contributed by atoms with Gasteiger partial charge in [-0.2, -0.15) is 5.21 Å². The van der Waals surface area contributed by atoms with Crippen LogP contribution in [0.5, 0.6) is 5.75 Å². The molecule has 0 saturated heterocycles. The van der Waals surface area contributed by atoms with Gasteiger partial charge in [0.25, 0.3) is 0 Å². The zero-order valence-corrected chi connectivity index (χ0v) is 12.0. The van der Waals surface area contributed by atoms with Gasteiger partial charge in [0.05, 0.1) is 5.22 Å². The van der Waals surface area contributed by atoms with Gasteiger partial charge in [0.2, 0.25) is 11.6 Å². The summed E-state index contributed by atoms with van der Waals surface area (Å²) in [6.45, 7) is 0. The molecule has 3 aromatic rings. The highest BCUT2D eigenvalue weighted by Gasteiger charge is 2.13. The van der Waals surface area contributed by atoms with Crippen molar-refractivity contribution in [3.05, 3.63) is 56.8 Å². The summed E-state index contributed by atoms with van der Waals surface area (Å²) in [6.07, 6.45) is 1.91. The minimum Gasteiger partial charge on any atom is -0.507 e. The van der Waals surface area contributed by atoms with Crippen LogP contribution < -0.4 is 10.4 Å². The number of aromatic hydroxyl groups is 1. The summed E-state index contributed by atoms with van der Waals surface area (Å²) < 4.78 is 0. The van der Waals surface area contributed by atoms with Crippen molar-refractivity contribution >= 4 is 11.9 Å². The Morgan fingerprint density at radius 2 is 1.71 bits per heavy atom. The molecular formula is C15H8N8O. The molecule has 9 nitrogen and oxygen atoms in total. The number of aromatic nitrogens is 4. The summed E-state index contributed by atoms with van der Waals surface area (Å²) in [4.78, 5) is 0. The van der Waals surface area contributed by atoms with Crippen molar-refractivity contribution in [3.63, 3.8) is 0 Å². The lowest BCUT2D eigenvalue weighted by atomic mass is 10.1. The first-order valence-electron chi connectivity index (χ1n) is 7.09. The molecule has 1 aliphatic heterocycles. The average molecular weight is 316 g/mol. The van der Waals surface area contributed by atoms with E-state index < -0.39 is 0 Å². The minimum absolute atomic E-state index is 0.111. The molecule has 0 atom stereocenters. The van der Waals surface area contributed by atoms with Gasteiger partial charge in [0.1, 0.15) is 5.75 Å². The summed E-state index contributed by atoms with van der Waals surface area (Å²) in [5.74, 6) is 0.932. The maximum atomic E-state index is 10.6. The maximum Gasteiger partial charge on any atom is 0.210 e. The van der Waals surface area contributed by atoms with Gasteiger partial charge in [-0.3, -0.25) is 0 Å². The van der Waals surface area contributed by atoms with Crippen LogP contribution in [0.1, 0.15) is 5.56 Å². The van der Waals surface area contributed by atoms with Gasteiger partial charge in [0, 0.05) is 11.1 Å². The first-order valence-corrected chi connectivity index (χ1v) is 7.09. The molecule has 0 radical (unpaired) electrons. The fraction of sp³-hybridized carbons (Fsp3) is 0. The molecule has 0 amide bonds. The van der Waals surface area contributed by atoms with Crippen LogP contribution in [0.15, 0.2) is 51.0 Å². The van der Waals surface area contributed by atoms with Crippen LogP contribution in [0.2, 0.25) is 0 Å². The summed E-state index contributed by atoms with van der Waals surface area (Å²) in [5, 5.41) is 42.5. The number of H-pyrrole nitrogens is 1. The number of fused-ring (bicyclic) bond motifs is 2. The first kappa shape index (κ1) is 12.8. The largest absolute Gasteiger partial charge is 0.507 e. The van der Waals surface area contributed by atoms with Gasteiger partial charge >= 0.3 is 0 Å². The number of tetrazole rings is 1. The molecule has 5 rings (SSSR count). The Kier molecular flexibility index (Phi) is 2.46. The molecule has 0 fully saturated rings. The predicted molar refractivity (Wildman–Crippen MR) is 81.3 cm³/mol. The van der Waals surface area contributed by atoms with Crippen molar-refractivity contribution in [1.29, 1.82) is 0 Å². The zero-order chi connectivity index (χ0) is 16.1. The van der Waals surface area contributed by atoms with Crippen LogP contribution in [-0.2, 0) is 0 Å². The summed E-state index contributed by atoms with van der Waals surface area (Å²) >= 11 is 0. The number of rotatable bonds is 1. The van der Waals surface area contributed by atoms with Gasteiger partial charge in [-0.25, -0.2) is 0 Å². The van der Waals surface area contributed by atoms with Crippen LogP contribution in [0.4, 0.5) is 0 Å². The van der Waals surface area contributed by atoms with Crippen molar-refractivity contribution in [1.82, 2.24) is 20.6 Å². The fourth-order valence-electron chi connectivity index (χ4n) is 2.93. The number of phenols is 1. The van der Waals surface area contributed by atoms with Crippen molar-refractivity contribution in [2.75, 3.05) is 0 Å². The first-order chi connectivity index (χ1) is 11.8. The highest BCUT2D eigenvalue weighted by molar-refractivity contribution is 5.66. The van der Waals surface area contributed by atoms with Gasteiger partial charge in [-0.1, -0.05) is 18.2 Å². The average Bonchev–Trinajstić information content (AvgIpc) is 3.35. The van der Waals surface area contributed by atoms with E-state index in [1.165, 1.54) is 0 Å². The van der Waals surface area contributed by atoms with Gasteiger partial charge < -0.3 is 5.11 Å². The maximum absolute atomic E-state index is 10.6. The summed E-state index contributed by atoms with van der Waals surface area (Å²) in [5.41, 5.74) is 1.57. The Morgan fingerprint density at radius 1 is 0.917 bits per heavy atom. The smallest absolute Gasteiger partial charge is 0.210 e. The van der Waals surface area contributed by atoms with Crippen LogP contribution >= 0.6 is 0 Å². The Labute approximate surface area is 133 Å². The van der Waals surface area contributed by atoms with Crippen molar-refractivity contribution in [2.45, 2.75) is 0 Å². The minimum atomic E-state index is 0.111. The highest BCUT2D eigenvalue weighted by Crippen LogP contribution is 2.21. The third-order valence-electron chi connectivity index (χ3n) is 4.02. The number of hydrogen-bond donors (Lipinski definition) is 2. The van der Waals surface area contributed by atoms with Crippen LogP contribution in [0.3, 0.4) is 0 Å². The molecule has 2 N–H and O–H groups in total. The molecular weight excluding hydrogens is 308 g/mol. The highest BCUT2D eigenvalue weighted by atomic mass is 16.3. The normalized spacial score (nSPS) is 13.9. The molecule has 114 valence electrons. The number of nitrogens with one attached hydrogen (secondary N) is 1. The van der Waals surface area contributed by atoms with E-state index in [2.05, 4.69) is 41.3 Å². The van der Waals surface area contributed by atoms with E-state index in [0.29, 0.717) is 16.9 Å². The lowest BCUT2D eigenvalue weighted by Crippen LogP contribution is -2.05. The monoisotopic (exact) mass is 316 g/mol. The lowest BCUT2D eigenvalue weighted by Gasteiger charge is -1.99. The Morgan fingerprint density at radius 3 is 2.50 bits per heavy atom. The van der Waals surface area contributed by atoms with Crippen molar-refractivity contribution in [3.8, 4) is 17.1 Å². The Balaban J connectivity index is 1.81. The molecule has 1 aliphatic carbocycles. The van der Waals surface area contributed by atoms with E-state index in [1.807, 2.05) is 30.3 Å². The third-order valence-corrected chi connectivity index (χ3v) is 4.02. The standard InChI is InChI=1S/C15H8N8O/c24-13-11(15-18-22-23-19-15)4-3-10-9-2-1-7(14-16-20-21-17-14)5-8(9)6-12(10)13/h1-6,24H,(H,16,17,20,21). The second-order valence-corrected chi connectivity index (χ2v) is 5.31. The Bertz CT molecular complexity index is 1240. The van der Waals surface area contributed by atoms with Crippen molar-refractivity contribution < 1.29 is 5.11 Å². The van der Waals surface area contributed by atoms with Crippen LogP contribution in [0, 0.1) is 10.4 Å². The molecule has 0 bridgehead atoms. The molecule has 0 unspecified atom stereocenters. The second kappa shape index (κ2) is 4.62. The number of hydrogen-bond acceptors (Lipinski definition) is 8. The second-order valence-electron chi connectivity index (χ2n) is 5.31. The zero-order valence-electron chi connectivity index (χ0n) is 12.0. The molecule has 0 spiro atoms.